The summed E-state index contributed by atoms with van der Waals surface area (Å²) < 4.78 is 29.3. The minimum atomic E-state index is -0.209. The lowest BCUT2D eigenvalue weighted by atomic mass is 9.74. The van der Waals surface area contributed by atoms with Gasteiger partial charge in [0.2, 0.25) is 0 Å². The number of halogens is 2. The smallest absolute Gasteiger partial charge is 0.191 e. The molecule has 1 fully saturated rings. The van der Waals surface area contributed by atoms with Gasteiger partial charge in [0.1, 0.15) is 5.82 Å². The quantitative estimate of drug-likeness (QED) is 0.220. The monoisotopic (exact) mass is 509 g/mol. The maximum absolute atomic E-state index is 13.3. The van der Waals surface area contributed by atoms with Gasteiger partial charge in [-0.1, -0.05) is 12.1 Å². The SMILES string of the molecule is CN=C(NCCCOCCOC)NCC1(c2ccc(F)cc2)CCOCC1.I. The summed E-state index contributed by atoms with van der Waals surface area (Å²) in [6.45, 7) is 4.85. The highest BCUT2D eigenvalue weighted by Gasteiger charge is 2.34. The molecule has 2 N–H and O–H groups in total. The average molecular weight is 509 g/mol. The van der Waals surface area contributed by atoms with Crippen molar-refractivity contribution in [2.24, 2.45) is 4.99 Å². The van der Waals surface area contributed by atoms with E-state index in [-0.39, 0.29) is 35.2 Å². The Morgan fingerprint density at radius 3 is 2.50 bits per heavy atom. The van der Waals surface area contributed by atoms with Crippen LogP contribution in [0.3, 0.4) is 0 Å². The molecule has 0 aromatic heterocycles. The Morgan fingerprint density at radius 1 is 1.14 bits per heavy atom. The number of guanidine groups is 1. The zero-order valence-corrected chi connectivity index (χ0v) is 19.2. The van der Waals surface area contributed by atoms with E-state index in [1.807, 2.05) is 12.1 Å². The van der Waals surface area contributed by atoms with E-state index in [9.17, 15) is 4.39 Å². The number of rotatable bonds is 10. The molecule has 0 spiro atoms. The largest absolute Gasteiger partial charge is 0.382 e. The summed E-state index contributed by atoms with van der Waals surface area (Å²) in [5.41, 5.74) is 1.06. The van der Waals surface area contributed by atoms with Gasteiger partial charge in [0.15, 0.2) is 5.96 Å². The van der Waals surface area contributed by atoms with Crippen LogP contribution in [-0.2, 0) is 19.6 Å². The first-order valence-electron chi connectivity index (χ1n) is 9.55. The van der Waals surface area contributed by atoms with Crippen LogP contribution in [0.5, 0.6) is 0 Å². The van der Waals surface area contributed by atoms with Gasteiger partial charge in [-0.15, -0.1) is 24.0 Å². The summed E-state index contributed by atoms with van der Waals surface area (Å²) >= 11 is 0. The Hall–Kier alpha value is -0.970. The number of benzene rings is 1. The van der Waals surface area contributed by atoms with Crippen LogP contribution in [0.2, 0.25) is 0 Å². The first-order valence-corrected chi connectivity index (χ1v) is 9.55. The molecule has 0 aliphatic carbocycles. The second-order valence-electron chi connectivity index (χ2n) is 6.71. The molecule has 0 saturated carbocycles. The molecular weight excluding hydrogens is 476 g/mol. The van der Waals surface area contributed by atoms with Gasteiger partial charge in [0.05, 0.1) is 13.2 Å². The number of aliphatic imine (C=N–C) groups is 1. The molecule has 0 radical (unpaired) electrons. The van der Waals surface area contributed by atoms with Gasteiger partial charge in [-0.3, -0.25) is 4.99 Å². The van der Waals surface area contributed by atoms with E-state index in [2.05, 4.69) is 15.6 Å². The fraction of sp³-hybridized carbons (Fsp3) is 0.650. The standard InChI is InChI=1S/C20H32FN3O3.HI/c1-22-19(23-10-3-11-26-15-14-25-2)24-16-20(8-12-27-13-9-20)17-4-6-18(21)7-5-17;/h4-7H,3,8-16H2,1-2H3,(H2,22,23,24);1H. The third-order valence-corrected chi connectivity index (χ3v) is 4.91. The fourth-order valence-corrected chi connectivity index (χ4v) is 3.23. The highest BCUT2D eigenvalue weighted by Crippen LogP contribution is 2.34. The van der Waals surface area contributed by atoms with Crippen LogP contribution in [0.4, 0.5) is 4.39 Å². The van der Waals surface area contributed by atoms with E-state index in [1.54, 1.807) is 14.2 Å². The van der Waals surface area contributed by atoms with E-state index < -0.39 is 0 Å². The molecule has 1 saturated heterocycles. The van der Waals surface area contributed by atoms with Crippen LogP contribution in [0, 0.1) is 5.82 Å². The summed E-state index contributed by atoms with van der Waals surface area (Å²) in [6, 6.07) is 6.83. The highest BCUT2D eigenvalue weighted by molar-refractivity contribution is 14.0. The van der Waals surface area contributed by atoms with Crippen LogP contribution >= 0.6 is 24.0 Å². The molecule has 6 nitrogen and oxygen atoms in total. The van der Waals surface area contributed by atoms with E-state index in [0.29, 0.717) is 33.0 Å². The van der Waals surface area contributed by atoms with Gasteiger partial charge in [0, 0.05) is 52.5 Å². The van der Waals surface area contributed by atoms with E-state index >= 15 is 0 Å². The maximum atomic E-state index is 13.3. The Kier molecular flexibility index (Phi) is 12.6. The van der Waals surface area contributed by atoms with Crippen molar-refractivity contribution in [1.82, 2.24) is 10.6 Å². The number of nitrogens with one attached hydrogen (secondary N) is 2. The van der Waals surface area contributed by atoms with Crippen molar-refractivity contribution in [3.8, 4) is 0 Å². The molecule has 160 valence electrons. The number of ether oxygens (including phenoxy) is 3. The van der Waals surface area contributed by atoms with Crippen molar-refractivity contribution >= 4 is 29.9 Å². The van der Waals surface area contributed by atoms with Crippen molar-refractivity contribution < 1.29 is 18.6 Å². The van der Waals surface area contributed by atoms with Crippen LogP contribution in [-0.4, -0.2) is 66.2 Å². The summed E-state index contributed by atoms with van der Waals surface area (Å²) in [7, 11) is 3.43. The number of nitrogens with zero attached hydrogens (tertiary/aromatic N) is 1. The Labute approximate surface area is 184 Å². The Balaban J connectivity index is 0.00000392. The minimum absolute atomic E-state index is 0. The molecule has 1 aromatic rings. The van der Waals surface area contributed by atoms with Crippen molar-refractivity contribution in [2.75, 3.05) is 60.3 Å². The van der Waals surface area contributed by atoms with Crippen molar-refractivity contribution in [2.45, 2.75) is 24.7 Å². The van der Waals surface area contributed by atoms with Crippen LogP contribution < -0.4 is 10.6 Å². The van der Waals surface area contributed by atoms with E-state index in [1.165, 1.54) is 12.1 Å². The third-order valence-electron chi connectivity index (χ3n) is 4.91. The lowest BCUT2D eigenvalue weighted by Gasteiger charge is -2.38. The third kappa shape index (κ3) is 8.18. The second-order valence-corrected chi connectivity index (χ2v) is 6.71. The van der Waals surface area contributed by atoms with Crippen molar-refractivity contribution in [1.29, 1.82) is 0 Å². The van der Waals surface area contributed by atoms with Gasteiger partial charge >= 0.3 is 0 Å². The summed E-state index contributed by atoms with van der Waals surface area (Å²) in [5, 5.41) is 6.75. The van der Waals surface area contributed by atoms with E-state index in [0.717, 1.165) is 43.9 Å². The van der Waals surface area contributed by atoms with Crippen LogP contribution in [0.25, 0.3) is 0 Å². The van der Waals surface area contributed by atoms with Gasteiger partial charge < -0.3 is 24.8 Å². The number of methoxy groups -OCH3 is 1. The second kappa shape index (κ2) is 14.1. The summed E-state index contributed by atoms with van der Waals surface area (Å²) in [6.07, 6.45) is 2.69. The Bertz CT molecular complexity index is 566. The molecule has 1 aromatic carbocycles. The predicted molar refractivity (Wildman–Crippen MR) is 120 cm³/mol. The first kappa shape index (κ1) is 25.1. The van der Waals surface area contributed by atoms with E-state index in [4.69, 9.17) is 14.2 Å². The highest BCUT2D eigenvalue weighted by atomic mass is 127. The lowest BCUT2D eigenvalue weighted by molar-refractivity contribution is 0.0513. The molecule has 1 aliphatic rings. The Morgan fingerprint density at radius 2 is 1.86 bits per heavy atom. The normalized spacial score (nSPS) is 16.3. The van der Waals surface area contributed by atoms with Crippen molar-refractivity contribution in [3.63, 3.8) is 0 Å². The number of hydrogen-bond acceptors (Lipinski definition) is 4. The summed E-state index contributed by atoms with van der Waals surface area (Å²) in [4.78, 5) is 4.30. The molecule has 2 rings (SSSR count). The molecule has 0 atom stereocenters. The minimum Gasteiger partial charge on any atom is -0.382 e. The maximum Gasteiger partial charge on any atom is 0.191 e. The molecule has 1 aliphatic heterocycles. The molecule has 1 heterocycles. The topological polar surface area (TPSA) is 64.1 Å². The first-order chi connectivity index (χ1) is 13.2. The van der Waals surface area contributed by atoms with Gasteiger partial charge in [-0.05, 0) is 37.0 Å². The van der Waals surface area contributed by atoms with Crippen LogP contribution in [0.15, 0.2) is 29.3 Å². The number of hydrogen-bond donors (Lipinski definition) is 2. The van der Waals surface area contributed by atoms with Crippen molar-refractivity contribution in [3.05, 3.63) is 35.6 Å². The molecule has 0 bridgehead atoms. The molecular formula is C20H33FIN3O3. The molecule has 0 unspecified atom stereocenters. The molecule has 0 amide bonds. The predicted octanol–water partition coefficient (Wildman–Crippen LogP) is 2.71. The fourth-order valence-electron chi connectivity index (χ4n) is 3.23. The zero-order chi connectivity index (χ0) is 19.4. The summed E-state index contributed by atoms with van der Waals surface area (Å²) in [5.74, 6) is 0.555. The van der Waals surface area contributed by atoms with Crippen LogP contribution in [0.1, 0.15) is 24.8 Å². The van der Waals surface area contributed by atoms with Gasteiger partial charge in [0.25, 0.3) is 0 Å². The zero-order valence-electron chi connectivity index (χ0n) is 16.8. The molecule has 8 heteroatoms. The van der Waals surface area contributed by atoms with Gasteiger partial charge in [-0.25, -0.2) is 4.39 Å². The molecule has 28 heavy (non-hydrogen) atoms. The average Bonchev–Trinajstić information content (AvgIpc) is 2.70. The van der Waals surface area contributed by atoms with Gasteiger partial charge in [-0.2, -0.15) is 0 Å². The lowest BCUT2D eigenvalue weighted by Crippen LogP contribution is -2.48.